The van der Waals surface area contributed by atoms with Crippen molar-refractivity contribution >= 4 is 34.5 Å². The van der Waals surface area contributed by atoms with Crippen LogP contribution < -0.4 is 11.1 Å². The third-order valence-corrected chi connectivity index (χ3v) is 3.70. The van der Waals surface area contributed by atoms with Gasteiger partial charge in [-0.05, 0) is 30.7 Å². The summed E-state index contributed by atoms with van der Waals surface area (Å²) in [7, 11) is 0. The van der Waals surface area contributed by atoms with E-state index in [1.165, 1.54) is 11.3 Å². The van der Waals surface area contributed by atoms with Crippen molar-refractivity contribution in [2.75, 3.05) is 11.9 Å². The van der Waals surface area contributed by atoms with Crippen LogP contribution in [-0.2, 0) is 0 Å². The van der Waals surface area contributed by atoms with Crippen molar-refractivity contribution in [3.8, 4) is 11.8 Å². The lowest BCUT2D eigenvalue weighted by Gasteiger charge is -2.07. The number of aryl methyl sites for hydroxylation is 1. The Hall–Kier alpha value is -1.80. The molecule has 1 amide bonds. The maximum absolute atomic E-state index is 12.1. The van der Waals surface area contributed by atoms with Crippen molar-refractivity contribution in [2.45, 2.75) is 6.92 Å². The Labute approximate surface area is 126 Å². The monoisotopic (exact) mass is 304 g/mol. The van der Waals surface area contributed by atoms with E-state index in [1.54, 1.807) is 23.6 Å². The number of hydrogen-bond acceptors (Lipinski definition) is 3. The Morgan fingerprint density at radius 2 is 2.25 bits per heavy atom. The number of halogens is 1. The maximum Gasteiger partial charge on any atom is 0.256 e. The smallest absolute Gasteiger partial charge is 0.256 e. The molecule has 0 aliphatic rings. The van der Waals surface area contributed by atoms with Crippen LogP contribution in [0.5, 0.6) is 0 Å². The molecule has 1 aromatic carbocycles. The SMILES string of the molecule is Cc1ccc(Cl)cc1NC(=O)c1csc(C#CCN)c1. The number of rotatable bonds is 2. The van der Waals surface area contributed by atoms with Crippen LogP contribution >= 0.6 is 22.9 Å². The van der Waals surface area contributed by atoms with Crippen LogP contribution in [0.3, 0.4) is 0 Å². The number of carbonyl (C=O) groups excluding carboxylic acids is 1. The van der Waals surface area contributed by atoms with Crippen molar-refractivity contribution in [1.29, 1.82) is 0 Å². The Bertz CT molecular complexity index is 697. The molecule has 102 valence electrons. The molecule has 0 atom stereocenters. The molecule has 5 heteroatoms. The number of thiophene rings is 1. The van der Waals surface area contributed by atoms with Gasteiger partial charge in [0.2, 0.25) is 0 Å². The van der Waals surface area contributed by atoms with E-state index in [9.17, 15) is 4.79 Å². The van der Waals surface area contributed by atoms with Gasteiger partial charge in [0.15, 0.2) is 0 Å². The quantitative estimate of drug-likeness (QED) is 0.837. The Morgan fingerprint density at radius 1 is 1.45 bits per heavy atom. The zero-order valence-electron chi connectivity index (χ0n) is 10.9. The molecule has 3 N–H and O–H groups in total. The van der Waals surface area contributed by atoms with Crippen LogP contribution in [0.4, 0.5) is 5.69 Å². The Balaban J connectivity index is 2.15. The van der Waals surface area contributed by atoms with Gasteiger partial charge in [-0.2, -0.15) is 0 Å². The predicted molar refractivity (Wildman–Crippen MR) is 84.4 cm³/mol. The number of anilines is 1. The highest BCUT2D eigenvalue weighted by molar-refractivity contribution is 7.10. The Morgan fingerprint density at radius 3 is 3.00 bits per heavy atom. The predicted octanol–water partition coefficient (Wildman–Crippen LogP) is 3.27. The number of nitrogens with one attached hydrogen (secondary N) is 1. The zero-order chi connectivity index (χ0) is 14.5. The molecule has 0 fully saturated rings. The summed E-state index contributed by atoms with van der Waals surface area (Å²) in [5.41, 5.74) is 7.57. The lowest BCUT2D eigenvalue weighted by atomic mass is 10.2. The Kier molecular flexibility index (Phi) is 4.80. The van der Waals surface area contributed by atoms with E-state index >= 15 is 0 Å². The second-order valence-corrected chi connectivity index (χ2v) is 5.47. The van der Waals surface area contributed by atoms with E-state index in [0.29, 0.717) is 22.8 Å². The summed E-state index contributed by atoms with van der Waals surface area (Å²) in [6, 6.07) is 7.14. The minimum absolute atomic E-state index is 0.174. The number of carbonyl (C=O) groups is 1. The number of hydrogen-bond donors (Lipinski definition) is 2. The van der Waals surface area contributed by atoms with Gasteiger partial charge in [0.25, 0.3) is 5.91 Å². The summed E-state index contributed by atoms with van der Waals surface area (Å²) >= 11 is 7.35. The van der Waals surface area contributed by atoms with Gasteiger partial charge in [-0.25, -0.2) is 0 Å². The number of nitrogens with two attached hydrogens (primary N) is 1. The van der Waals surface area contributed by atoms with Crippen LogP contribution in [0.1, 0.15) is 20.8 Å². The molecule has 3 nitrogen and oxygen atoms in total. The first-order chi connectivity index (χ1) is 9.60. The average molecular weight is 305 g/mol. The summed E-state index contributed by atoms with van der Waals surface area (Å²) in [5.74, 6) is 5.49. The van der Waals surface area contributed by atoms with Crippen LogP contribution in [0, 0.1) is 18.8 Å². The number of amides is 1. The molecule has 2 rings (SSSR count). The normalized spacial score (nSPS) is 9.75. The van der Waals surface area contributed by atoms with E-state index in [1.807, 2.05) is 13.0 Å². The van der Waals surface area contributed by atoms with E-state index in [-0.39, 0.29) is 5.91 Å². The van der Waals surface area contributed by atoms with Crippen molar-refractivity contribution in [1.82, 2.24) is 0 Å². The third-order valence-electron chi connectivity index (χ3n) is 2.62. The van der Waals surface area contributed by atoms with Gasteiger partial charge in [-0.3, -0.25) is 4.79 Å². The highest BCUT2D eigenvalue weighted by Gasteiger charge is 2.10. The molecule has 0 saturated carbocycles. The zero-order valence-corrected chi connectivity index (χ0v) is 12.4. The third kappa shape index (κ3) is 3.61. The number of benzene rings is 1. The van der Waals surface area contributed by atoms with Gasteiger partial charge in [-0.15, -0.1) is 11.3 Å². The highest BCUT2D eigenvalue weighted by Crippen LogP contribution is 2.22. The van der Waals surface area contributed by atoms with Crippen LogP contribution in [-0.4, -0.2) is 12.5 Å². The van der Waals surface area contributed by atoms with Gasteiger partial charge in [0.1, 0.15) is 0 Å². The molecule has 0 aliphatic carbocycles. The molecular weight excluding hydrogens is 292 g/mol. The molecule has 0 radical (unpaired) electrons. The van der Waals surface area contributed by atoms with Gasteiger partial charge in [0, 0.05) is 16.1 Å². The first-order valence-corrected chi connectivity index (χ1v) is 7.21. The summed E-state index contributed by atoms with van der Waals surface area (Å²) in [5, 5.41) is 5.21. The van der Waals surface area contributed by atoms with Gasteiger partial charge >= 0.3 is 0 Å². The molecular formula is C15H13ClN2OS. The lowest BCUT2D eigenvalue weighted by Crippen LogP contribution is -2.11. The maximum atomic E-state index is 12.1. The van der Waals surface area contributed by atoms with Crippen molar-refractivity contribution < 1.29 is 4.79 Å². The topological polar surface area (TPSA) is 55.1 Å². The van der Waals surface area contributed by atoms with E-state index in [0.717, 1.165) is 10.4 Å². The molecule has 1 heterocycles. The fourth-order valence-electron chi connectivity index (χ4n) is 1.58. The fourth-order valence-corrected chi connectivity index (χ4v) is 2.51. The molecule has 0 unspecified atom stereocenters. The minimum atomic E-state index is -0.174. The minimum Gasteiger partial charge on any atom is -0.322 e. The summed E-state index contributed by atoms with van der Waals surface area (Å²) in [6.45, 7) is 2.22. The molecule has 2 aromatic rings. The molecule has 20 heavy (non-hydrogen) atoms. The van der Waals surface area contributed by atoms with Crippen molar-refractivity contribution in [3.05, 3.63) is 50.7 Å². The first-order valence-electron chi connectivity index (χ1n) is 5.95. The largest absolute Gasteiger partial charge is 0.322 e. The first kappa shape index (κ1) is 14.6. The molecule has 1 aromatic heterocycles. The lowest BCUT2D eigenvalue weighted by molar-refractivity contribution is 0.102. The fraction of sp³-hybridized carbons (Fsp3) is 0.133. The van der Waals surface area contributed by atoms with Crippen molar-refractivity contribution in [2.24, 2.45) is 5.73 Å². The van der Waals surface area contributed by atoms with Gasteiger partial charge < -0.3 is 11.1 Å². The second kappa shape index (κ2) is 6.58. The van der Waals surface area contributed by atoms with E-state index in [4.69, 9.17) is 17.3 Å². The standard InChI is InChI=1S/C15H13ClN2OS/c1-10-4-5-12(16)8-14(10)18-15(19)11-7-13(20-9-11)3-2-6-17/h4-5,7-9H,6,17H2,1H3,(H,18,19). The second-order valence-electron chi connectivity index (χ2n) is 4.12. The van der Waals surface area contributed by atoms with E-state index < -0.39 is 0 Å². The van der Waals surface area contributed by atoms with Crippen LogP contribution in [0.15, 0.2) is 29.6 Å². The van der Waals surface area contributed by atoms with Crippen LogP contribution in [0.2, 0.25) is 5.02 Å². The summed E-state index contributed by atoms with van der Waals surface area (Å²) in [6.07, 6.45) is 0. The molecule has 0 aliphatic heterocycles. The molecule has 0 saturated heterocycles. The summed E-state index contributed by atoms with van der Waals surface area (Å²) < 4.78 is 0. The summed E-state index contributed by atoms with van der Waals surface area (Å²) in [4.78, 5) is 13.0. The van der Waals surface area contributed by atoms with E-state index in [2.05, 4.69) is 17.2 Å². The van der Waals surface area contributed by atoms with Crippen molar-refractivity contribution in [3.63, 3.8) is 0 Å². The molecule has 0 spiro atoms. The van der Waals surface area contributed by atoms with Gasteiger partial charge in [0.05, 0.1) is 17.0 Å². The average Bonchev–Trinajstić information content (AvgIpc) is 2.89. The van der Waals surface area contributed by atoms with Gasteiger partial charge in [-0.1, -0.05) is 29.5 Å². The molecule has 0 bridgehead atoms. The van der Waals surface area contributed by atoms with Crippen LogP contribution in [0.25, 0.3) is 0 Å². The highest BCUT2D eigenvalue weighted by atomic mass is 35.5.